The van der Waals surface area contributed by atoms with Gasteiger partial charge in [-0.15, -0.1) is 0 Å². The van der Waals surface area contributed by atoms with Gasteiger partial charge in [-0.2, -0.15) is 0 Å². The van der Waals surface area contributed by atoms with Crippen molar-refractivity contribution < 1.29 is 19.4 Å². The summed E-state index contributed by atoms with van der Waals surface area (Å²) in [5.74, 6) is -0.174. The predicted molar refractivity (Wildman–Crippen MR) is 148 cm³/mol. The Labute approximate surface area is 221 Å². The number of fused-ring (bicyclic) bond motifs is 2. The van der Waals surface area contributed by atoms with Gasteiger partial charge >= 0.3 is 5.97 Å². The third-order valence-corrected chi connectivity index (χ3v) is 7.36. The number of carboxylic acids is 1. The van der Waals surface area contributed by atoms with Gasteiger partial charge in [0.05, 0.1) is 6.04 Å². The Hall–Kier alpha value is -3.15. The summed E-state index contributed by atoms with van der Waals surface area (Å²) in [6.45, 7) is 5.75. The number of carbonyl (C=O) groups is 1. The third kappa shape index (κ3) is 6.60. The monoisotopic (exact) mass is 501 g/mol. The Morgan fingerprint density at radius 3 is 2.43 bits per heavy atom. The average Bonchev–Trinajstić information content (AvgIpc) is 3.04. The molecule has 0 heterocycles. The molecule has 0 aliphatic heterocycles. The molecule has 37 heavy (non-hydrogen) atoms. The summed E-state index contributed by atoms with van der Waals surface area (Å²) < 4.78 is 11.1. The number of benzene rings is 3. The Morgan fingerprint density at radius 1 is 1.00 bits per heavy atom. The fraction of sp³-hybridized carbons (Fsp3) is 0.406. The van der Waals surface area contributed by atoms with E-state index in [4.69, 9.17) is 9.47 Å². The highest BCUT2D eigenvalue weighted by atomic mass is 16.5. The molecule has 0 bridgehead atoms. The van der Waals surface area contributed by atoms with E-state index >= 15 is 0 Å². The average molecular weight is 502 g/mol. The van der Waals surface area contributed by atoms with Crippen LogP contribution in [0.15, 0.2) is 60.7 Å². The molecule has 0 radical (unpaired) electrons. The van der Waals surface area contributed by atoms with E-state index < -0.39 is 12.1 Å². The Morgan fingerprint density at radius 2 is 1.73 bits per heavy atom. The number of aliphatic carboxylic acids is 1. The van der Waals surface area contributed by atoms with Gasteiger partial charge in [0, 0.05) is 20.1 Å². The van der Waals surface area contributed by atoms with Crippen LogP contribution in [0.4, 0.5) is 0 Å². The molecule has 5 heteroatoms. The van der Waals surface area contributed by atoms with E-state index in [1.54, 1.807) is 0 Å². The van der Waals surface area contributed by atoms with Gasteiger partial charge in [0.2, 0.25) is 0 Å². The SMILES string of the molecule is CCCc1ccc2c(c1)CCc1ccc(C)cc1C2N(C)CCOc1ccc(CC(OC)C(=O)O)cc1. The van der Waals surface area contributed by atoms with Crippen LogP contribution in [0.2, 0.25) is 0 Å². The number of hydrogen-bond acceptors (Lipinski definition) is 4. The van der Waals surface area contributed by atoms with Crippen LogP contribution in [0.1, 0.15) is 58.3 Å². The molecule has 0 aromatic heterocycles. The molecule has 0 spiro atoms. The molecule has 1 N–H and O–H groups in total. The lowest BCUT2D eigenvalue weighted by Crippen LogP contribution is -2.30. The maximum Gasteiger partial charge on any atom is 0.333 e. The standard InChI is InChI=1S/C32H39NO4/c1-5-6-23-10-16-28-26(20-23)13-12-25-11-7-22(2)19-29(25)31(28)33(3)17-18-37-27-14-8-24(9-15-27)21-30(36-4)32(34)35/h7-11,14-16,19-20,30-31H,5-6,12-13,17-18,21H2,1-4H3,(H,34,35). The Balaban J connectivity index is 1.48. The molecule has 2 atom stereocenters. The van der Waals surface area contributed by atoms with Gasteiger partial charge in [-0.3, -0.25) is 4.90 Å². The minimum Gasteiger partial charge on any atom is -0.492 e. The van der Waals surface area contributed by atoms with Crippen LogP contribution in [0.5, 0.6) is 5.75 Å². The van der Waals surface area contributed by atoms with E-state index in [9.17, 15) is 9.90 Å². The summed E-state index contributed by atoms with van der Waals surface area (Å²) in [7, 11) is 3.61. The zero-order valence-electron chi connectivity index (χ0n) is 22.5. The van der Waals surface area contributed by atoms with E-state index in [1.165, 1.54) is 40.5 Å². The predicted octanol–water partition coefficient (Wildman–Crippen LogP) is 5.79. The van der Waals surface area contributed by atoms with E-state index in [0.29, 0.717) is 13.0 Å². The minimum absolute atomic E-state index is 0.191. The lowest BCUT2D eigenvalue weighted by Gasteiger charge is -2.31. The number of carboxylic acid groups (broad SMARTS) is 1. The van der Waals surface area contributed by atoms with Gasteiger partial charge in [0.25, 0.3) is 0 Å². The first-order valence-corrected chi connectivity index (χ1v) is 13.3. The summed E-state index contributed by atoms with van der Waals surface area (Å²) >= 11 is 0. The quantitative estimate of drug-likeness (QED) is 0.360. The van der Waals surface area contributed by atoms with Gasteiger partial charge in [0.1, 0.15) is 12.4 Å². The van der Waals surface area contributed by atoms with Crippen LogP contribution < -0.4 is 4.74 Å². The Bertz CT molecular complexity index is 1200. The molecule has 3 aromatic rings. The van der Waals surface area contributed by atoms with Crippen LogP contribution in [0, 0.1) is 6.92 Å². The third-order valence-electron chi connectivity index (χ3n) is 7.36. The van der Waals surface area contributed by atoms with Crippen molar-refractivity contribution in [1.29, 1.82) is 0 Å². The van der Waals surface area contributed by atoms with Crippen molar-refractivity contribution in [1.82, 2.24) is 4.90 Å². The van der Waals surface area contributed by atoms with Crippen LogP contribution in [-0.2, 0) is 35.2 Å². The molecular weight excluding hydrogens is 462 g/mol. The highest BCUT2D eigenvalue weighted by Crippen LogP contribution is 2.37. The van der Waals surface area contributed by atoms with Crippen LogP contribution in [0.25, 0.3) is 0 Å². The van der Waals surface area contributed by atoms with Crippen molar-refractivity contribution in [2.45, 2.75) is 58.1 Å². The highest BCUT2D eigenvalue weighted by molar-refractivity contribution is 5.72. The van der Waals surface area contributed by atoms with Gasteiger partial charge in [-0.05, 0) is 78.7 Å². The van der Waals surface area contributed by atoms with Crippen molar-refractivity contribution in [3.8, 4) is 5.75 Å². The summed E-state index contributed by atoms with van der Waals surface area (Å²) in [5, 5.41) is 9.20. The van der Waals surface area contributed by atoms with Crippen molar-refractivity contribution in [3.63, 3.8) is 0 Å². The van der Waals surface area contributed by atoms with Crippen LogP contribution in [-0.4, -0.2) is 49.4 Å². The molecule has 0 saturated heterocycles. The lowest BCUT2D eigenvalue weighted by molar-refractivity contribution is -0.148. The molecule has 2 unspecified atom stereocenters. The summed E-state index contributed by atoms with van der Waals surface area (Å²) in [4.78, 5) is 13.6. The van der Waals surface area contributed by atoms with E-state index in [0.717, 1.165) is 43.5 Å². The first-order valence-electron chi connectivity index (χ1n) is 13.3. The number of likely N-dealkylation sites (N-methyl/N-ethyl adjacent to an activating group) is 1. The summed E-state index contributed by atoms with van der Waals surface area (Å²) in [5.41, 5.74) is 9.33. The second kappa shape index (κ2) is 12.4. The van der Waals surface area contributed by atoms with Crippen LogP contribution >= 0.6 is 0 Å². The fourth-order valence-electron chi connectivity index (χ4n) is 5.34. The maximum absolute atomic E-state index is 11.2. The topological polar surface area (TPSA) is 59.0 Å². The molecular formula is C32H39NO4. The second-order valence-corrected chi connectivity index (χ2v) is 10.1. The number of ether oxygens (including phenoxy) is 2. The largest absolute Gasteiger partial charge is 0.492 e. The molecule has 196 valence electrons. The smallest absolute Gasteiger partial charge is 0.333 e. The van der Waals surface area contributed by atoms with E-state index in [2.05, 4.69) is 62.2 Å². The first kappa shape index (κ1) is 26.9. The fourth-order valence-corrected chi connectivity index (χ4v) is 5.34. The van der Waals surface area contributed by atoms with Gasteiger partial charge in [0.15, 0.2) is 6.10 Å². The van der Waals surface area contributed by atoms with Gasteiger partial charge < -0.3 is 14.6 Å². The zero-order chi connectivity index (χ0) is 26.4. The van der Waals surface area contributed by atoms with Crippen molar-refractivity contribution in [2.24, 2.45) is 0 Å². The van der Waals surface area contributed by atoms with Crippen molar-refractivity contribution in [2.75, 3.05) is 27.3 Å². The van der Waals surface area contributed by atoms with Gasteiger partial charge in [-0.1, -0.05) is 67.4 Å². The number of aryl methyl sites for hydroxylation is 4. The first-order chi connectivity index (χ1) is 17.9. The summed E-state index contributed by atoms with van der Waals surface area (Å²) in [6, 6.07) is 21.8. The molecule has 0 fully saturated rings. The molecule has 0 amide bonds. The Kier molecular flexibility index (Phi) is 9.01. The molecule has 1 aliphatic rings. The summed E-state index contributed by atoms with van der Waals surface area (Å²) in [6.07, 6.45) is 3.90. The van der Waals surface area contributed by atoms with E-state index in [1.807, 2.05) is 24.3 Å². The maximum atomic E-state index is 11.2. The second-order valence-electron chi connectivity index (χ2n) is 10.1. The number of hydrogen-bond donors (Lipinski definition) is 1. The number of rotatable bonds is 11. The normalized spacial score (nSPS) is 15.5. The molecule has 0 saturated carbocycles. The van der Waals surface area contributed by atoms with Crippen molar-refractivity contribution in [3.05, 3.63) is 99.6 Å². The number of nitrogens with zero attached hydrogens (tertiary/aromatic N) is 1. The van der Waals surface area contributed by atoms with Gasteiger partial charge in [-0.25, -0.2) is 4.79 Å². The van der Waals surface area contributed by atoms with Crippen molar-refractivity contribution >= 4 is 5.97 Å². The number of methoxy groups -OCH3 is 1. The zero-order valence-corrected chi connectivity index (χ0v) is 22.5. The molecule has 1 aliphatic carbocycles. The van der Waals surface area contributed by atoms with E-state index in [-0.39, 0.29) is 6.04 Å². The molecule has 3 aromatic carbocycles. The molecule has 4 rings (SSSR count). The molecule has 5 nitrogen and oxygen atoms in total. The van der Waals surface area contributed by atoms with Crippen LogP contribution in [0.3, 0.4) is 0 Å². The highest BCUT2D eigenvalue weighted by Gasteiger charge is 2.27. The lowest BCUT2D eigenvalue weighted by atomic mass is 9.91. The minimum atomic E-state index is -0.954.